The minimum Gasteiger partial charge on any atom is -0.497 e. The molecule has 0 spiro atoms. The Labute approximate surface area is 166 Å². The van der Waals surface area contributed by atoms with Gasteiger partial charge in [0.05, 0.1) is 36.6 Å². The zero-order chi connectivity index (χ0) is 21.2. The molecule has 3 rings (SSSR count). The largest absolute Gasteiger partial charge is 0.497 e. The first kappa shape index (κ1) is 20.8. The van der Waals surface area contributed by atoms with E-state index in [1.165, 1.54) is 20.3 Å². The molecular weight excluding hydrogens is 385 g/mol. The van der Waals surface area contributed by atoms with Gasteiger partial charge in [-0.25, -0.2) is 0 Å². The molecule has 1 saturated heterocycles. The number of methoxy groups -OCH3 is 2. The standard InChI is InChI=1S/C21H21F3N2O3/c1-28-17-10-16(11-18(12-17)29-2)20(27)5-7-26(8-6-20)19-4-3-15(21(22,23)24)9-14(19)13-25/h3-4,9-12,27H,5-8H2,1-2H3. The van der Waals surface area contributed by atoms with Gasteiger partial charge >= 0.3 is 6.18 Å². The van der Waals surface area contributed by atoms with Gasteiger partial charge in [0.1, 0.15) is 17.6 Å². The second-order valence-electron chi connectivity index (χ2n) is 6.96. The average Bonchev–Trinajstić information content (AvgIpc) is 2.72. The molecule has 154 valence electrons. The fourth-order valence-electron chi connectivity index (χ4n) is 3.56. The zero-order valence-corrected chi connectivity index (χ0v) is 16.1. The predicted molar refractivity (Wildman–Crippen MR) is 101 cm³/mol. The van der Waals surface area contributed by atoms with Gasteiger partial charge < -0.3 is 19.5 Å². The first-order valence-corrected chi connectivity index (χ1v) is 9.02. The Hall–Kier alpha value is -2.92. The topological polar surface area (TPSA) is 65.7 Å². The molecule has 2 aromatic carbocycles. The Bertz CT molecular complexity index is 907. The van der Waals surface area contributed by atoms with E-state index < -0.39 is 17.3 Å². The maximum atomic E-state index is 12.9. The van der Waals surface area contributed by atoms with Crippen molar-refractivity contribution in [1.29, 1.82) is 5.26 Å². The highest BCUT2D eigenvalue weighted by Crippen LogP contribution is 2.39. The summed E-state index contributed by atoms with van der Waals surface area (Å²) in [6, 6.07) is 10.2. The van der Waals surface area contributed by atoms with E-state index >= 15 is 0 Å². The maximum absolute atomic E-state index is 12.9. The third-order valence-corrected chi connectivity index (χ3v) is 5.26. The molecule has 0 amide bonds. The summed E-state index contributed by atoms with van der Waals surface area (Å²) in [7, 11) is 3.05. The molecule has 2 aromatic rings. The summed E-state index contributed by atoms with van der Waals surface area (Å²) in [5.74, 6) is 1.12. The molecule has 0 aromatic heterocycles. The highest BCUT2D eigenvalue weighted by Gasteiger charge is 2.36. The first-order chi connectivity index (χ1) is 13.7. The van der Waals surface area contributed by atoms with Crippen molar-refractivity contribution in [3.8, 4) is 17.6 Å². The number of rotatable bonds is 4. The second kappa shape index (κ2) is 7.84. The van der Waals surface area contributed by atoms with Crippen molar-refractivity contribution in [2.45, 2.75) is 24.6 Å². The summed E-state index contributed by atoms with van der Waals surface area (Å²) in [5, 5.41) is 20.5. The third-order valence-electron chi connectivity index (χ3n) is 5.26. The Balaban J connectivity index is 1.83. The van der Waals surface area contributed by atoms with E-state index in [4.69, 9.17) is 9.47 Å². The number of hydrogen-bond acceptors (Lipinski definition) is 5. The lowest BCUT2D eigenvalue weighted by Gasteiger charge is -2.40. The van der Waals surface area contributed by atoms with Crippen LogP contribution in [0, 0.1) is 11.3 Å². The van der Waals surface area contributed by atoms with Gasteiger partial charge in [0, 0.05) is 19.2 Å². The SMILES string of the molecule is COc1cc(OC)cc(C2(O)CCN(c3ccc(C(F)(F)F)cc3C#N)CC2)c1. The van der Waals surface area contributed by atoms with Crippen LogP contribution in [0.4, 0.5) is 18.9 Å². The number of ether oxygens (including phenoxy) is 2. The van der Waals surface area contributed by atoms with E-state index in [0.717, 1.165) is 12.1 Å². The van der Waals surface area contributed by atoms with Gasteiger partial charge in [-0.3, -0.25) is 0 Å². The van der Waals surface area contributed by atoms with E-state index in [2.05, 4.69) is 0 Å². The van der Waals surface area contributed by atoms with Crippen LogP contribution in [0.2, 0.25) is 0 Å². The Morgan fingerprint density at radius 3 is 2.10 bits per heavy atom. The number of anilines is 1. The minimum atomic E-state index is -4.50. The van der Waals surface area contributed by atoms with Crippen LogP contribution in [0.1, 0.15) is 29.5 Å². The van der Waals surface area contributed by atoms with Crippen LogP contribution in [0.3, 0.4) is 0 Å². The van der Waals surface area contributed by atoms with Crippen molar-refractivity contribution in [1.82, 2.24) is 0 Å². The number of benzene rings is 2. The van der Waals surface area contributed by atoms with E-state index in [1.54, 1.807) is 18.2 Å². The molecule has 5 nitrogen and oxygen atoms in total. The highest BCUT2D eigenvalue weighted by molar-refractivity contribution is 5.61. The molecule has 1 heterocycles. The predicted octanol–water partition coefficient (Wildman–Crippen LogP) is 4.08. The summed E-state index contributed by atoms with van der Waals surface area (Å²) >= 11 is 0. The lowest BCUT2D eigenvalue weighted by Crippen LogP contribution is -2.43. The molecule has 0 atom stereocenters. The summed E-state index contributed by atoms with van der Waals surface area (Å²) in [6.45, 7) is 0.770. The molecule has 0 unspecified atom stereocenters. The summed E-state index contributed by atoms with van der Waals surface area (Å²) in [5.41, 5.74) is -0.924. The van der Waals surface area contributed by atoms with Crippen molar-refractivity contribution in [3.05, 3.63) is 53.1 Å². The molecule has 0 aliphatic carbocycles. The van der Waals surface area contributed by atoms with Crippen LogP contribution in [-0.2, 0) is 11.8 Å². The molecule has 1 fully saturated rings. The van der Waals surface area contributed by atoms with Crippen LogP contribution < -0.4 is 14.4 Å². The molecule has 0 radical (unpaired) electrons. The van der Waals surface area contributed by atoms with Crippen LogP contribution in [0.25, 0.3) is 0 Å². The Morgan fingerprint density at radius 2 is 1.62 bits per heavy atom. The van der Waals surface area contributed by atoms with E-state index in [-0.39, 0.29) is 5.56 Å². The second-order valence-corrected chi connectivity index (χ2v) is 6.96. The molecule has 29 heavy (non-hydrogen) atoms. The van der Waals surface area contributed by atoms with Crippen LogP contribution in [0.5, 0.6) is 11.5 Å². The zero-order valence-electron chi connectivity index (χ0n) is 16.1. The van der Waals surface area contributed by atoms with Crippen LogP contribution in [-0.4, -0.2) is 32.4 Å². The molecule has 0 saturated carbocycles. The van der Waals surface area contributed by atoms with Crippen LogP contribution >= 0.6 is 0 Å². The summed E-state index contributed by atoms with van der Waals surface area (Å²) < 4.78 is 49.3. The minimum absolute atomic E-state index is 0.0340. The number of alkyl halides is 3. The Morgan fingerprint density at radius 1 is 1.03 bits per heavy atom. The number of nitriles is 1. The van der Waals surface area contributed by atoms with Gasteiger partial charge in [-0.15, -0.1) is 0 Å². The van der Waals surface area contributed by atoms with Crippen LogP contribution in [0.15, 0.2) is 36.4 Å². The molecular formula is C21H21F3N2O3. The fourth-order valence-corrected chi connectivity index (χ4v) is 3.56. The monoisotopic (exact) mass is 406 g/mol. The van der Waals surface area contributed by atoms with Crippen molar-refractivity contribution in [2.24, 2.45) is 0 Å². The first-order valence-electron chi connectivity index (χ1n) is 9.02. The van der Waals surface area contributed by atoms with Crippen molar-refractivity contribution in [3.63, 3.8) is 0 Å². The van der Waals surface area contributed by atoms with Gasteiger partial charge in [-0.2, -0.15) is 18.4 Å². The molecule has 1 aliphatic rings. The fraction of sp³-hybridized carbons (Fsp3) is 0.381. The quantitative estimate of drug-likeness (QED) is 0.829. The molecule has 1 aliphatic heterocycles. The third kappa shape index (κ3) is 4.25. The number of nitrogens with zero attached hydrogens (tertiary/aromatic N) is 2. The van der Waals surface area contributed by atoms with E-state index in [0.29, 0.717) is 48.7 Å². The van der Waals surface area contributed by atoms with Crippen molar-refractivity contribution < 1.29 is 27.8 Å². The number of aliphatic hydroxyl groups is 1. The molecule has 8 heteroatoms. The van der Waals surface area contributed by atoms with Crippen molar-refractivity contribution in [2.75, 3.05) is 32.2 Å². The lowest BCUT2D eigenvalue weighted by atomic mass is 9.84. The number of halogens is 3. The summed E-state index contributed by atoms with van der Waals surface area (Å²) in [4.78, 5) is 1.82. The number of hydrogen-bond donors (Lipinski definition) is 1. The summed E-state index contributed by atoms with van der Waals surface area (Å²) in [6.07, 6.45) is -3.82. The average molecular weight is 406 g/mol. The van der Waals surface area contributed by atoms with Gasteiger partial charge in [0.15, 0.2) is 0 Å². The van der Waals surface area contributed by atoms with Gasteiger partial charge in [-0.05, 0) is 48.7 Å². The van der Waals surface area contributed by atoms with Gasteiger partial charge in [-0.1, -0.05) is 0 Å². The molecule has 1 N–H and O–H groups in total. The highest BCUT2D eigenvalue weighted by atomic mass is 19.4. The van der Waals surface area contributed by atoms with Crippen molar-refractivity contribution >= 4 is 5.69 Å². The lowest BCUT2D eigenvalue weighted by molar-refractivity contribution is -0.137. The number of piperidine rings is 1. The smallest absolute Gasteiger partial charge is 0.416 e. The van der Waals surface area contributed by atoms with E-state index in [9.17, 15) is 23.5 Å². The maximum Gasteiger partial charge on any atom is 0.416 e. The van der Waals surface area contributed by atoms with Gasteiger partial charge in [0.2, 0.25) is 0 Å². The van der Waals surface area contributed by atoms with E-state index in [1.807, 2.05) is 11.0 Å². The Kier molecular flexibility index (Phi) is 5.62. The van der Waals surface area contributed by atoms with Gasteiger partial charge in [0.25, 0.3) is 0 Å². The molecule has 0 bridgehead atoms. The normalized spacial score (nSPS) is 16.2.